The average Bonchev–Trinajstić information content (AvgIpc) is 3.13. The van der Waals surface area contributed by atoms with Gasteiger partial charge in [0.15, 0.2) is 5.69 Å². The van der Waals surface area contributed by atoms with E-state index in [-0.39, 0.29) is 18.2 Å². The van der Waals surface area contributed by atoms with Crippen molar-refractivity contribution >= 4 is 23.5 Å². The molecule has 0 unspecified atom stereocenters. The van der Waals surface area contributed by atoms with Crippen LogP contribution in [0.15, 0.2) is 48.5 Å². The van der Waals surface area contributed by atoms with E-state index in [2.05, 4.69) is 5.10 Å². The van der Waals surface area contributed by atoms with Crippen molar-refractivity contribution in [2.24, 2.45) is 0 Å². The number of carbonyl (C=O) groups excluding carboxylic acids is 2. The molecule has 0 spiro atoms. The number of benzene rings is 2. The lowest BCUT2D eigenvalue weighted by Crippen LogP contribution is -2.37. The van der Waals surface area contributed by atoms with E-state index in [4.69, 9.17) is 16.3 Å². The summed E-state index contributed by atoms with van der Waals surface area (Å²) in [6, 6.07) is 14.8. The first-order valence-electron chi connectivity index (χ1n) is 9.88. The molecule has 0 aliphatic carbocycles. The molecule has 6 nitrogen and oxygen atoms in total. The van der Waals surface area contributed by atoms with Gasteiger partial charge in [0, 0.05) is 29.1 Å². The number of nitrogens with zero attached hydrogens (tertiary/aromatic N) is 3. The Morgan fingerprint density at radius 2 is 1.87 bits per heavy atom. The number of aromatic nitrogens is 2. The number of esters is 1. The van der Waals surface area contributed by atoms with Crippen molar-refractivity contribution in [2.45, 2.75) is 26.8 Å². The summed E-state index contributed by atoms with van der Waals surface area (Å²) >= 11 is 6.02. The summed E-state index contributed by atoms with van der Waals surface area (Å²) in [5.74, 6) is -0.528. The summed E-state index contributed by atoms with van der Waals surface area (Å²) in [6.45, 7) is 4.79. The molecule has 7 heteroatoms. The minimum atomic E-state index is -0.480. The Hall–Kier alpha value is -3.12. The van der Waals surface area contributed by atoms with Crippen molar-refractivity contribution in [2.75, 3.05) is 13.2 Å². The van der Waals surface area contributed by atoms with Crippen LogP contribution in [0.4, 0.5) is 0 Å². The fourth-order valence-corrected chi connectivity index (χ4v) is 3.86. The third kappa shape index (κ3) is 3.71. The maximum absolute atomic E-state index is 13.1. The van der Waals surface area contributed by atoms with Gasteiger partial charge in [0.25, 0.3) is 5.91 Å². The van der Waals surface area contributed by atoms with Crippen LogP contribution >= 0.6 is 11.6 Å². The zero-order valence-corrected chi connectivity index (χ0v) is 17.6. The second kappa shape index (κ2) is 8.32. The normalized spacial score (nSPS) is 13.1. The quantitative estimate of drug-likeness (QED) is 0.589. The summed E-state index contributed by atoms with van der Waals surface area (Å²) < 4.78 is 6.98. The number of rotatable bonds is 4. The van der Waals surface area contributed by atoms with Gasteiger partial charge in [-0.05, 0) is 49.7 Å². The van der Waals surface area contributed by atoms with Gasteiger partial charge in [-0.2, -0.15) is 5.10 Å². The summed E-state index contributed by atoms with van der Waals surface area (Å²) in [4.78, 5) is 27.5. The first-order chi connectivity index (χ1) is 14.5. The molecule has 0 saturated carbocycles. The van der Waals surface area contributed by atoms with Gasteiger partial charge in [0.1, 0.15) is 0 Å². The Balaban J connectivity index is 1.73. The first-order valence-corrected chi connectivity index (χ1v) is 10.3. The predicted octanol–water partition coefficient (Wildman–Crippen LogP) is 4.21. The molecule has 0 atom stereocenters. The van der Waals surface area contributed by atoms with E-state index in [1.807, 2.05) is 43.3 Å². The molecule has 1 aliphatic rings. The lowest BCUT2D eigenvalue weighted by molar-refractivity contribution is 0.0513. The third-order valence-electron chi connectivity index (χ3n) is 5.26. The van der Waals surface area contributed by atoms with Crippen LogP contribution in [0.3, 0.4) is 0 Å². The zero-order chi connectivity index (χ0) is 21.3. The molecular formula is C23H22ClN3O3. The molecule has 0 radical (unpaired) electrons. The third-order valence-corrected chi connectivity index (χ3v) is 5.51. The van der Waals surface area contributed by atoms with Crippen LogP contribution in [-0.4, -0.2) is 39.7 Å². The summed E-state index contributed by atoms with van der Waals surface area (Å²) in [5.41, 5.74) is 4.30. The van der Waals surface area contributed by atoms with Gasteiger partial charge >= 0.3 is 5.97 Å². The summed E-state index contributed by atoms with van der Waals surface area (Å²) in [7, 11) is 0. The minimum Gasteiger partial charge on any atom is -0.461 e. The van der Waals surface area contributed by atoms with Crippen molar-refractivity contribution in [3.8, 4) is 5.69 Å². The molecule has 1 aliphatic heterocycles. The lowest BCUT2D eigenvalue weighted by atomic mass is 10.0. The first kappa shape index (κ1) is 20.2. The highest BCUT2D eigenvalue weighted by atomic mass is 35.5. The fraction of sp³-hybridized carbons (Fsp3) is 0.261. The maximum atomic E-state index is 13.1. The van der Waals surface area contributed by atoms with E-state index >= 15 is 0 Å². The minimum absolute atomic E-state index is 0.0483. The largest absolute Gasteiger partial charge is 0.461 e. The molecule has 1 amide bonds. The number of aryl methyl sites for hydroxylation is 1. The zero-order valence-electron chi connectivity index (χ0n) is 16.9. The Bertz CT molecular complexity index is 1110. The van der Waals surface area contributed by atoms with Crippen molar-refractivity contribution in [3.63, 3.8) is 0 Å². The topological polar surface area (TPSA) is 64.4 Å². The molecule has 1 aromatic heterocycles. The smallest absolute Gasteiger partial charge is 0.359 e. The van der Waals surface area contributed by atoms with Crippen LogP contribution in [0, 0.1) is 6.92 Å². The fourth-order valence-electron chi connectivity index (χ4n) is 3.73. The van der Waals surface area contributed by atoms with Crippen LogP contribution in [0.5, 0.6) is 0 Å². The molecule has 4 rings (SSSR count). The van der Waals surface area contributed by atoms with Gasteiger partial charge in [0.05, 0.1) is 24.5 Å². The van der Waals surface area contributed by atoms with Crippen LogP contribution in [0.25, 0.3) is 5.69 Å². The van der Waals surface area contributed by atoms with E-state index in [1.54, 1.807) is 28.6 Å². The van der Waals surface area contributed by atoms with Gasteiger partial charge in [-0.25, -0.2) is 9.48 Å². The van der Waals surface area contributed by atoms with Crippen LogP contribution < -0.4 is 0 Å². The Morgan fingerprint density at radius 3 is 2.57 bits per heavy atom. The molecule has 2 heterocycles. The number of hydrogen-bond donors (Lipinski definition) is 0. The molecular weight excluding hydrogens is 402 g/mol. The standard InChI is InChI=1S/C23H22ClN3O3/c1-3-30-23(29)21-19-14-26(22(28)18-7-5-4-6-15(18)2)13-12-20(19)27(25-21)17-10-8-16(24)9-11-17/h4-11H,3,12-14H2,1-2H3. The molecule has 2 aromatic carbocycles. The molecule has 3 aromatic rings. The Kier molecular flexibility index (Phi) is 5.59. The molecule has 0 bridgehead atoms. The van der Waals surface area contributed by atoms with E-state index in [1.165, 1.54) is 0 Å². The number of hydrogen-bond acceptors (Lipinski definition) is 4. The highest BCUT2D eigenvalue weighted by Gasteiger charge is 2.31. The molecule has 0 saturated heterocycles. The van der Waals surface area contributed by atoms with Gasteiger partial charge in [-0.3, -0.25) is 4.79 Å². The lowest BCUT2D eigenvalue weighted by Gasteiger charge is -2.28. The van der Waals surface area contributed by atoms with E-state index in [9.17, 15) is 9.59 Å². The summed E-state index contributed by atoms with van der Waals surface area (Å²) in [5, 5.41) is 5.18. The number of amides is 1. The molecule has 0 N–H and O–H groups in total. The van der Waals surface area contributed by atoms with E-state index in [0.29, 0.717) is 30.1 Å². The second-order valence-electron chi connectivity index (χ2n) is 7.17. The molecule has 154 valence electrons. The Labute approximate surface area is 180 Å². The van der Waals surface area contributed by atoms with Crippen molar-refractivity contribution in [1.29, 1.82) is 0 Å². The van der Waals surface area contributed by atoms with Gasteiger partial charge in [-0.15, -0.1) is 0 Å². The van der Waals surface area contributed by atoms with Crippen molar-refractivity contribution < 1.29 is 14.3 Å². The molecule has 0 fully saturated rings. The van der Waals surface area contributed by atoms with Gasteiger partial charge in [0.2, 0.25) is 0 Å². The van der Waals surface area contributed by atoms with Gasteiger partial charge in [-0.1, -0.05) is 29.8 Å². The highest BCUT2D eigenvalue weighted by molar-refractivity contribution is 6.30. The number of carbonyl (C=O) groups is 2. The molecule has 30 heavy (non-hydrogen) atoms. The maximum Gasteiger partial charge on any atom is 0.359 e. The SMILES string of the molecule is CCOC(=O)c1nn(-c2ccc(Cl)cc2)c2c1CN(C(=O)c1ccccc1C)CC2. The van der Waals surface area contributed by atoms with Crippen LogP contribution in [0.1, 0.15) is 44.6 Å². The number of ether oxygens (including phenoxy) is 1. The van der Waals surface area contributed by atoms with Crippen molar-refractivity contribution in [3.05, 3.63) is 81.6 Å². The monoisotopic (exact) mass is 423 g/mol. The number of halogens is 1. The van der Waals surface area contributed by atoms with Gasteiger partial charge < -0.3 is 9.64 Å². The van der Waals surface area contributed by atoms with Crippen LogP contribution in [-0.2, 0) is 17.7 Å². The van der Waals surface area contributed by atoms with E-state index < -0.39 is 5.97 Å². The summed E-state index contributed by atoms with van der Waals surface area (Å²) in [6.07, 6.45) is 0.585. The Morgan fingerprint density at radius 1 is 1.13 bits per heavy atom. The average molecular weight is 424 g/mol. The number of fused-ring (bicyclic) bond motifs is 1. The van der Waals surface area contributed by atoms with E-state index in [0.717, 1.165) is 22.5 Å². The predicted molar refractivity (Wildman–Crippen MR) is 114 cm³/mol. The van der Waals surface area contributed by atoms with Crippen LogP contribution in [0.2, 0.25) is 5.02 Å². The second-order valence-corrected chi connectivity index (χ2v) is 7.61. The van der Waals surface area contributed by atoms with Crippen molar-refractivity contribution in [1.82, 2.24) is 14.7 Å². The highest BCUT2D eigenvalue weighted by Crippen LogP contribution is 2.28.